The summed E-state index contributed by atoms with van der Waals surface area (Å²) in [6.45, 7) is 0.551. The maximum atomic E-state index is 12.1. The fraction of sp³-hybridized carbons (Fsp3) is 0.316. The van der Waals surface area contributed by atoms with Crippen LogP contribution in [0.25, 0.3) is 0 Å². The summed E-state index contributed by atoms with van der Waals surface area (Å²) in [6.07, 6.45) is 2.77. The maximum Gasteiger partial charge on any atom is 0.225 e. The molecule has 140 valence electrons. The minimum Gasteiger partial charge on any atom is -0.326 e. The van der Waals surface area contributed by atoms with Crippen molar-refractivity contribution in [2.45, 2.75) is 19.3 Å². The number of aryl methyl sites for hydroxylation is 1. The van der Waals surface area contributed by atoms with Gasteiger partial charge in [-0.25, -0.2) is 12.7 Å². The van der Waals surface area contributed by atoms with Gasteiger partial charge in [0.1, 0.15) is 0 Å². The standard InChI is InChI=1S/C19H23ClN2O3S/c1-26(24,25)22(14-5-8-16-6-3-2-4-7-16)15-13-19(23)21-18-11-9-17(20)10-12-18/h2-4,6-7,9-12H,5,8,13-15H2,1H3,(H,21,23). The van der Waals surface area contributed by atoms with Crippen molar-refractivity contribution in [2.24, 2.45) is 0 Å². The highest BCUT2D eigenvalue weighted by Gasteiger charge is 2.17. The molecule has 0 radical (unpaired) electrons. The van der Waals surface area contributed by atoms with E-state index < -0.39 is 10.0 Å². The Hall–Kier alpha value is -1.89. The number of hydrogen-bond donors (Lipinski definition) is 1. The van der Waals surface area contributed by atoms with Gasteiger partial charge in [0.15, 0.2) is 0 Å². The van der Waals surface area contributed by atoms with Gasteiger partial charge < -0.3 is 5.32 Å². The number of nitrogens with zero attached hydrogens (tertiary/aromatic N) is 1. The smallest absolute Gasteiger partial charge is 0.225 e. The van der Waals surface area contributed by atoms with E-state index in [1.54, 1.807) is 24.3 Å². The van der Waals surface area contributed by atoms with Crippen LogP contribution in [0.3, 0.4) is 0 Å². The molecule has 0 saturated heterocycles. The van der Waals surface area contributed by atoms with Crippen LogP contribution in [0.4, 0.5) is 5.69 Å². The lowest BCUT2D eigenvalue weighted by Gasteiger charge is -2.19. The molecule has 2 aromatic carbocycles. The van der Waals surface area contributed by atoms with Crippen LogP contribution in [0, 0.1) is 0 Å². The van der Waals surface area contributed by atoms with E-state index in [1.807, 2.05) is 30.3 Å². The van der Waals surface area contributed by atoms with Gasteiger partial charge in [-0.05, 0) is 42.7 Å². The van der Waals surface area contributed by atoms with E-state index >= 15 is 0 Å². The Balaban J connectivity index is 1.83. The third-order valence-electron chi connectivity index (χ3n) is 3.90. The van der Waals surface area contributed by atoms with Crippen LogP contribution in [0.1, 0.15) is 18.4 Å². The van der Waals surface area contributed by atoms with Crippen molar-refractivity contribution in [3.05, 3.63) is 65.2 Å². The van der Waals surface area contributed by atoms with Crippen LogP contribution >= 0.6 is 11.6 Å². The number of benzene rings is 2. The Labute approximate surface area is 160 Å². The average molecular weight is 395 g/mol. The fourth-order valence-electron chi connectivity index (χ4n) is 2.53. The number of sulfonamides is 1. The Morgan fingerprint density at radius 3 is 2.31 bits per heavy atom. The van der Waals surface area contributed by atoms with E-state index in [0.717, 1.165) is 6.42 Å². The van der Waals surface area contributed by atoms with Crippen LogP contribution in [0.5, 0.6) is 0 Å². The molecule has 0 aliphatic heterocycles. The third-order valence-corrected chi connectivity index (χ3v) is 5.46. The summed E-state index contributed by atoms with van der Waals surface area (Å²) in [5.74, 6) is -0.232. The Kier molecular flexibility index (Phi) is 7.63. The van der Waals surface area contributed by atoms with Crippen molar-refractivity contribution in [1.82, 2.24) is 4.31 Å². The van der Waals surface area contributed by atoms with Crippen LogP contribution in [-0.4, -0.2) is 38.0 Å². The molecule has 2 aromatic rings. The topological polar surface area (TPSA) is 66.5 Å². The van der Waals surface area contributed by atoms with Gasteiger partial charge >= 0.3 is 0 Å². The number of hydrogen-bond acceptors (Lipinski definition) is 3. The lowest BCUT2D eigenvalue weighted by Crippen LogP contribution is -2.34. The largest absolute Gasteiger partial charge is 0.326 e. The lowest BCUT2D eigenvalue weighted by atomic mass is 10.1. The van der Waals surface area contributed by atoms with Crippen LogP contribution < -0.4 is 5.32 Å². The predicted octanol–water partition coefficient (Wildman–Crippen LogP) is 3.56. The summed E-state index contributed by atoms with van der Waals surface area (Å²) in [5, 5.41) is 3.33. The monoisotopic (exact) mass is 394 g/mol. The van der Waals surface area contributed by atoms with Gasteiger partial charge in [-0.15, -0.1) is 0 Å². The van der Waals surface area contributed by atoms with E-state index in [4.69, 9.17) is 11.6 Å². The number of rotatable bonds is 9. The maximum absolute atomic E-state index is 12.1. The quantitative estimate of drug-likeness (QED) is 0.707. The van der Waals surface area contributed by atoms with Crippen molar-refractivity contribution in [2.75, 3.05) is 24.7 Å². The van der Waals surface area contributed by atoms with Crippen LogP contribution in [-0.2, 0) is 21.2 Å². The highest BCUT2D eigenvalue weighted by Crippen LogP contribution is 2.14. The number of amides is 1. The van der Waals surface area contributed by atoms with Gasteiger partial charge in [0.2, 0.25) is 15.9 Å². The minimum absolute atomic E-state index is 0.0982. The zero-order chi connectivity index (χ0) is 19.0. The van der Waals surface area contributed by atoms with Gasteiger partial charge in [-0.1, -0.05) is 41.9 Å². The van der Waals surface area contributed by atoms with Crippen molar-refractivity contribution in [3.8, 4) is 0 Å². The van der Waals surface area contributed by atoms with Gasteiger partial charge in [0, 0.05) is 30.2 Å². The van der Waals surface area contributed by atoms with E-state index in [2.05, 4.69) is 5.32 Å². The highest BCUT2D eigenvalue weighted by atomic mass is 35.5. The first-order valence-electron chi connectivity index (χ1n) is 8.39. The van der Waals surface area contributed by atoms with Crippen molar-refractivity contribution >= 4 is 33.2 Å². The molecule has 0 fully saturated rings. The van der Waals surface area contributed by atoms with E-state index in [9.17, 15) is 13.2 Å². The number of anilines is 1. The summed E-state index contributed by atoms with van der Waals surface area (Å²) in [7, 11) is -3.36. The SMILES string of the molecule is CS(=O)(=O)N(CCCc1ccccc1)CCC(=O)Nc1ccc(Cl)cc1. The Morgan fingerprint density at radius 1 is 1.04 bits per heavy atom. The second kappa shape index (κ2) is 9.71. The number of carbonyl (C=O) groups excluding carboxylic acids is 1. The number of halogens is 1. The molecule has 0 aromatic heterocycles. The second-order valence-corrected chi connectivity index (χ2v) is 8.48. The van der Waals surface area contributed by atoms with E-state index in [0.29, 0.717) is 23.7 Å². The molecule has 1 amide bonds. The molecule has 5 nitrogen and oxygen atoms in total. The molecule has 0 aliphatic carbocycles. The Morgan fingerprint density at radius 2 is 1.69 bits per heavy atom. The molecule has 2 rings (SSSR count). The van der Waals surface area contributed by atoms with Gasteiger partial charge in [0.25, 0.3) is 0 Å². The lowest BCUT2D eigenvalue weighted by molar-refractivity contribution is -0.116. The normalized spacial score (nSPS) is 11.5. The van der Waals surface area contributed by atoms with Crippen molar-refractivity contribution in [1.29, 1.82) is 0 Å². The minimum atomic E-state index is -3.36. The molecule has 0 bridgehead atoms. The number of nitrogens with one attached hydrogen (secondary N) is 1. The highest BCUT2D eigenvalue weighted by molar-refractivity contribution is 7.88. The van der Waals surface area contributed by atoms with Gasteiger partial charge in [0.05, 0.1) is 6.26 Å². The summed E-state index contributed by atoms with van der Waals surface area (Å²) < 4.78 is 25.3. The van der Waals surface area contributed by atoms with Crippen LogP contribution in [0.2, 0.25) is 5.02 Å². The molecule has 0 aliphatic rings. The van der Waals surface area contributed by atoms with E-state index in [1.165, 1.54) is 16.1 Å². The molecule has 1 N–H and O–H groups in total. The molecule has 0 spiro atoms. The summed E-state index contributed by atoms with van der Waals surface area (Å²) in [6, 6.07) is 16.7. The number of carbonyl (C=O) groups is 1. The average Bonchev–Trinajstić information content (AvgIpc) is 2.60. The molecular weight excluding hydrogens is 372 g/mol. The zero-order valence-corrected chi connectivity index (χ0v) is 16.3. The van der Waals surface area contributed by atoms with E-state index in [-0.39, 0.29) is 18.9 Å². The molecule has 0 saturated carbocycles. The Bertz CT molecular complexity index is 808. The second-order valence-electron chi connectivity index (χ2n) is 6.06. The summed E-state index contributed by atoms with van der Waals surface area (Å²) >= 11 is 5.81. The van der Waals surface area contributed by atoms with Gasteiger partial charge in [-0.2, -0.15) is 0 Å². The first-order chi connectivity index (χ1) is 12.3. The van der Waals surface area contributed by atoms with Crippen molar-refractivity contribution < 1.29 is 13.2 Å². The third kappa shape index (κ3) is 7.15. The molecule has 0 heterocycles. The van der Waals surface area contributed by atoms with Crippen LogP contribution in [0.15, 0.2) is 54.6 Å². The van der Waals surface area contributed by atoms with Crippen molar-refractivity contribution in [3.63, 3.8) is 0 Å². The summed E-state index contributed by atoms with van der Waals surface area (Å²) in [5.41, 5.74) is 1.80. The molecule has 26 heavy (non-hydrogen) atoms. The first kappa shape index (κ1) is 20.4. The molecule has 0 unspecified atom stereocenters. The zero-order valence-electron chi connectivity index (χ0n) is 14.7. The fourth-order valence-corrected chi connectivity index (χ4v) is 3.54. The molecule has 0 atom stereocenters. The summed E-state index contributed by atoms with van der Waals surface area (Å²) in [4.78, 5) is 12.1. The predicted molar refractivity (Wildman–Crippen MR) is 106 cm³/mol. The first-order valence-corrected chi connectivity index (χ1v) is 10.6. The molecular formula is C19H23ClN2O3S. The van der Waals surface area contributed by atoms with Gasteiger partial charge in [-0.3, -0.25) is 4.79 Å². The molecule has 7 heteroatoms.